The van der Waals surface area contributed by atoms with E-state index >= 15 is 0 Å². The minimum atomic E-state index is 1.09. The van der Waals surface area contributed by atoms with Gasteiger partial charge >= 0.3 is 0 Å². The van der Waals surface area contributed by atoms with E-state index in [9.17, 15) is 0 Å². The van der Waals surface area contributed by atoms with Crippen LogP contribution in [0.1, 0.15) is 12.5 Å². The molecular formula is C67H48N2. The van der Waals surface area contributed by atoms with Crippen LogP contribution in [0.15, 0.2) is 267 Å². The Bertz CT molecular complexity index is 3850. The Morgan fingerprint density at radius 2 is 0.826 bits per heavy atom. The highest BCUT2D eigenvalue weighted by atomic mass is 15.1. The number of rotatable bonds is 10. The fraction of sp³-hybridized carbons (Fsp3) is 0.0149. The van der Waals surface area contributed by atoms with Crippen molar-refractivity contribution in [3.63, 3.8) is 0 Å². The molecule has 0 amide bonds. The summed E-state index contributed by atoms with van der Waals surface area (Å²) in [6.07, 6.45) is 8.30. The molecule has 0 saturated carbocycles. The van der Waals surface area contributed by atoms with Gasteiger partial charge in [-0.25, -0.2) is 0 Å². The molecule has 0 atom stereocenters. The number of nitrogens with zero attached hydrogens (tertiary/aromatic N) is 2. The maximum Gasteiger partial charge on any atom is 0.0541 e. The van der Waals surface area contributed by atoms with E-state index in [1.807, 2.05) is 13.0 Å². The van der Waals surface area contributed by atoms with Gasteiger partial charge in [0.25, 0.3) is 0 Å². The molecule has 1 aromatic heterocycles. The van der Waals surface area contributed by atoms with E-state index in [1.165, 1.54) is 93.4 Å². The molecule has 0 fully saturated rings. The first kappa shape index (κ1) is 41.5. The van der Waals surface area contributed by atoms with Crippen LogP contribution < -0.4 is 4.90 Å². The largest absolute Gasteiger partial charge is 0.311 e. The van der Waals surface area contributed by atoms with Gasteiger partial charge in [0.05, 0.1) is 11.0 Å². The number of benzene rings is 11. The molecule has 0 bridgehead atoms. The van der Waals surface area contributed by atoms with E-state index in [4.69, 9.17) is 0 Å². The van der Waals surface area contributed by atoms with Crippen LogP contribution in [-0.2, 0) is 0 Å². The molecule has 12 rings (SSSR count). The van der Waals surface area contributed by atoms with Gasteiger partial charge in [-0.3, -0.25) is 0 Å². The van der Waals surface area contributed by atoms with Crippen molar-refractivity contribution in [3.05, 3.63) is 273 Å². The molecule has 0 N–H and O–H groups in total. The standard InChI is InChI=1S/C67H48N2/c1-2-3-4-12-47-21-23-49(24-22-47)50-27-36-58(37-28-50)68(60-42-33-54(34-43-60)63-19-11-16-53-14-7-8-17-62(53)63)59-38-29-52(30-39-59)57-35-44-67-65(46-57)64-18-9-10-20-66(64)69(67)61-40-31-51(32-41-61)56-26-25-48-13-5-6-15-55(48)45-56/h2-46H,1H3/b3-2-,12-4-. The lowest BCUT2D eigenvalue weighted by atomic mass is 9.98. The van der Waals surface area contributed by atoms with E-state index in [2.05, 4.69) is 276 Å². The van der Waals surface area contributed by atoms with Crippen molar-refractivity contribution < 1.29 is 0 Å². The predicted octanol–water partition coefficient (Wildman–Crippen LogP) is 18.8. The summed E-state index contributed by atoms with van der Waals surface area (Å²) < 4.78 is 2.40. The van der Waals surface area contributed by atoms with Gasteiger partial charge in [-0.2, -0.15) is 0 Å². The highest BCUT2D eigenvalue weighted by molar-refractivity contribution is 6.10. The maximum atomic E-state index is 2.40. The molecule has 11 aromatic carbocycles. The molecule has 1 heterocycles. The van der Waals surface area contributed by atoms with Gasteiger partial charge in [0, 0.05) is 33.5 Å². The van der Waals surface area contributed by atoms with Crippen molar-refractivity contribution in [3.8, 4) is 50.2 Å². The molecule has 0 unspecified atom stereocenters. The van der Waals surface area contributed by atoms with E-state index in [1.54, 1.807) is 0 Å². The van der Waals surface area contributed by atoms with Crippen LogP contribution in [0, 0.1) is 0 Å². The summed E-state index contributed by atoms with van der Waals surface area (Å²) in [6, 6.07) is 90.9. The highest BCUT2D eigenvalue weighted by Gasteiger charge is 2.17. The summed E-state index contributed by atoms with van der Waals surface area (Å²) in [5.74, 6) is 0. The van der Waals surface area contributed by atoms with Gasteiger partial charge in [-0.1, -0.05) is 200 Å². The van der Waals surface area contributed by atoms with Crippen LogP contribution in [0.25, 0.3) is 99.6 Å². The highest BCUT2D eigenvalue weighted by Crippen LogP contribution is 2.40. The van der Waals surface area contributed by atoms with Crippen molar-refractivity contribution in [2.45, 2.75) is 6.92 Å². The third-order valence-corrected chi connectivity index (χ3v) is 13.5. The SMILES string of the molecule is C/C=C\C=C/c1ccc(-c2ccc(N(c3ccc(-c4ccc5c(c4)c4ccccc4n5-c4ccc(-c5ccc6ccccc6c5)cc4)cc3)c3ccc(-c4cccc5ccccc45)cc3)cc2)cc1. The molecule has 2 nitrogen and oxygen atoms in total. The number of para-hydroxylation sites is 1. The zero-order valence-corrected chi connectivity index (χ0v) is 38.4. The molecule has 0 radical (unpaired) electrons. The van der Waals surface area contributed by atoms with Crippen molar-refractivity contribution >= 4 is 66.5 Å². The Hall–Kier alpha value is -8.98. The quantitative estimate of drug-likeness (QED) is 0.124. The van der Waals surface area contributed by atoms with Gasteiger partial charge in [0.15, 0.2) is 0 Å². The summed E-state index contributed by atoms with van der Waals surface area (Å²) in [6.45, 7) is 2.03. The number of fused-ring (bicyclic) bond motifs is 5. The van der Waals surface area contributed by atoms with E-state index in [0.717, 1.165) is 22.7 Å². The van der Waals surface area contributed by atoms with E-state index in [-0.39, 0.29) is 0 Å². The smallest absolute Gasteiger partial charge is 0.0541 e. The van der Waals surface area contributed by atoms with Crippen LogP contribution in [0.2, 0.25) is 0 Å². The topological polar surface area (TPSA) is 8.17 Å². The van der Waals surface area contributed by atoms with Gasteiger partial charge < -0.3 is 9.47 Å². The normalized spacial score (nSPS) is 11.7. The first-order valence-electron chi connectivity index (χ1n) is 23.8. The third-order valence-electron chi connectivity index (χ3n) is 13.5. The first-order chi connectivity index (χ1) is 34.1. The van der Waals surface area contributed by atoms with Crippen molar-refractivity contribution in [2.24, 2.45) is 0 Å². The van der Waals surface area contributed by atoms with Gasteiger partial charge in [0.2, 0.25) is 0 Å². The Morgan fingerprint density at radius 3 is 1.51 bits per heavy atom. The summed E-state index contributed by atoms with van der Waals surface area (Å²) in [5, 5.41) is 7.49. The molecule has 0 spiro atoms. The second-order valence-electron chi connectivity index (χ2n) is 17.7. The van der Waals surface area contributed by atoms with Gasteiger partial charge in [-0.15, -0.1) is 0 Å². The minimum absolute atomic E-state index is 1.09. The molecule has 0 aliphatic carbocycles. The van der Waals surface area contributed by atoms with Crippen LogP contribution in [0.5, 0.6) is 0 Å². The Labute approximate surface area is 403 Å². The average Bonchev–Trinajstić information content (AvgIpc) is 3.75. The van der Waals surface area contributed by atoms with Gasteiger partial charge in [0.1, 0.15) is 0 Å². The fourth-order valence-electron chi connectivity index (χ4n) is 9.99. The van der Waals surface area contributed by atoms with Crippen LogP contribution in [-0.4, -0.2) is 4.57 Å². The molecule has 12 aromatic rings. The fourth-order valence-corrected chi connectivity index (χ4v) is 9.99. The Kier molecular flexibility index (Phi) is 10.8. The van der Waals surface area contributed by atoms with Crippen molar-refractivity contribution in [1.82, 2.24) is 4.57 Å². The van der Waals surface area contributed by atoms with Crippen molar-refractivity contribution in [2.75, 3.05) is 4.90 Å². The lowest BCUT2D eigenvalue weighted by Gasteiger charge is -2.26. The molecule has 69 heavy (non-hydrogen) atoms. The van der Waals surface area contributed by atoms with Crippen LogP contribution in [0.3, 0.4) is 0 Å². The molecule has 0 aliphatic rings. The number of anilines is 3. The van der Waals surface area contributed by atoms with Crippen LogP contribution in [0.4, 0.5) is 17.1 Å². The molecule has 326 valence electrons. The monoisotopic (exact) mass is 880 g/mol. The van der Waals surface area contributed by atoms with E-state index in [0.29, 0.717) is 0 Å². The second-order valence-corrected chi connectivity index (χ2v) is 17.7. The molecule has 0 saturated heterocycles. The molecule has 2 heteroatoms. The summed E-state index contributed by atoms with van der Waals surface area (Å²) in [4.78, 5) is 2.36. The summed E-state index contributed by atoms with van der Waals surface area (Å²) >= 11 is 0. The second kappa shape index (κ2) is 18.0. The average molecular weight is 881 g/mol. The predicted molar refractivity (Wildman–Crippen MR) is 296 cm³/mol. The number of hydrogen-bond donors (Lipinski definition) is 0. The molecular weight excluding hydrogens is 833 g/mol. The summed E-state index contributed by atoms with van der Waals surface area (Å²) in [5.41, 5.74) is 17.6. The summed E-state index contributed by atoms with van der Waals surface area (Å²) in [7, 11) is 0. The Morgan fingerprint density at radius 1 is 0.333 bits per heavy atom. The van der Waals surface area contributed by atoms with E-state index < -0.39 is 0 Å². The first-order valence-corrected chi connectivity index (χ1v) is 23.8. The number of aromatic nitrogens is 1. The minimum Gasteiger partial charge on any atom is -0.311 e. The lowest BCUT2D eigenvalue weighted by molar-refractivity contribution is 1.18. The third kappa shape index (κ3) is 7.99. The number of allylic oxidation sites excluding steroid dienone is 3. The molecule has 0 aliphatic heterocycles. The Balaban J connectivity index is 0.880. The zero-order chi connectivity index (χ0) is 46.1. The van der Waals surface area contributed by atoms with Crippen LogP contribution >= 0.6 is 0 Å². The lowest BCUT2D eigenvalue weighted by Crippen LogP contribution is -2.09. The van der Waals surface area contributed by atoms with Gasteiger partial charge in [-0.05, 0) is 151 Å². The maximum absolute atomic E-state index is 2.40. The van der Waals surface area contributed by atoms with Crippen molar-refractivity contribution in [1.29, 1.82) is 0 Å². The number of hydrogen-bond acceptors (Lipinski definition) is 1. The zero-order valence-electron chi connectivity index (χ0n) is 38.4.